The minimum Gasteiger partial charge on any atom is -0.478 e. The number of hydrogen-bond donors (Lipinski definition) is 2. The molecule has 0 saturated heterocycles. The summed E-state index contributed by atoms with van der Waals surface area (Å²) in [6, 6.07) is 4.49. The van der Waals surface area contributed by atoms with Crippen LogP contribution in [0.25, 0.3) is 0 Å². The number of carboxylic acids is 1. The van der Waals surface area contributed by atoms with Gasteiger partial charge in [0.1, 0.15) is 0 Å². The lowest BCUT2D eigenvalue weighted by Gasteiger charge is -2.11. The molecule has 1 aromatic carbocycles. The summed E-state index contributed by atoms with van der Waals surface area (Å²) in [5.41, 5.74) is -0.0911. The molecule has 0 aliphatic carbocycles. The van der Waals surface area contributed by atoms with Crippen molar-refractivity contribution >= 4 is 16.0 Å². The zero-order valence-electron chi connectivity index (χ0n) is 9.75. The van der Waals surface area contributed by atoms with E-state index in [1.807, 2.05) is 0 Å². The van der Waals surface area contributed by atoms with Gasteiger partial charge in [-0.15, -0.1) is 6.42 Å². The summed E-state index contributed by atoms with van der Waals surface area (Å²) in [4.78, 5) is 10.7. The molecule has 96 valence electrons. The first-order valence-corrected chi connectivity index (χ1v) is 6.71. The van der Waals surface area contributed by atoms with Crippen LogP contribution >= 0.6 is 0 Å². The Kier molecular flexibility index (Phi) is 4.48. The lowest BCUT2D eigenvalue weighted by molar-refractivity contribution is 0.0696. The lowest BCUT2D eigenvalue weighted by atomic mass is 10.2. The molecule has 0 fully saturated rings. The van der Waals surface area contributed by atoms with Gasteiger partial charge in [-0.25, -0.2) is 13.2 Å². The monoisotopic (exact) mass is 267 g/mol. The van der Waals surface area contributed by atoms with Crippen LogP contribution < -0.4 is 4.72 Å². The Balaban J connectivity index is 3.10. The number of carbonyl (C=O) groups is 1. The molecule has 5 nitrogen and oxygen atoms in total. The third kappa shape index (κ3) is 3.32. The number of sulfonamides is 1. The van der Waals surface area contributed by atoms with Crippen molar-refractivity contribution in [2.75, 3.05) is 0 Å². The quantitative estimate of drug-likeness (QED) is 0.782. The van der Waals surface area contributed by atoms with Crippen molar-refractivity contribution in [3.8, 4) is 12.3 Å². The highest BCUT2D eigenvalue weighted by Gasteiger charge is 2.18. The molecule has 0 spiro atoms. The van der Waals surface area contributed by atoms with Crippen LogP contribution in [0.2, 0.25) is 0 Å². The van der Waals surface area contributed by atoms with Gasteiger partial charge in [-0.1, -0.05) is 18.9 Å². The Hall–Kier alpha value is -1.84. The van der Waals surface area contributed by atoms with Crippen LogP contribution in [0, 0.1) is 12.3 Å². The third-order valence-corrected chi connectivity index (χ3v) is 3.77. The number of rotatable bonds is 5. The summed E-state index contributed by atoms with van der Waals surface area (Å²) >= 11 is 0. The van der Waals surface area contributed by atoms with Gasteiger partial charge in [0.15, 0.2) is 0 Å². The van der Waals surface area contributed by atoms with E-state index >= 15 is 0 Å². The molecular formula is C12H13NO4S. The number of hydrogen-bond acceptors (Lipinski definition) is 3. The molecule has 1 atom stereocenters. The normalized spacial score (nSPS) is 12.7. The fraction of sp³-hybridized carbons (Fsp3) is 0.250. The van der Waals surface area contributed by atoms with Gasteiger partial charge < -0.3 is 5.11 Å². The van der Waals surface area contributed by atoms with Crippen molar-refractivity contribution < 1.29 is 18.3 Å². The molecule has 1 rings (SSSR count). The molecular weight excluding hydrogens is 254 g/mol. The molecule has 0 saturated carbocycles. The standard InChI is InChI=1S/C12H13NO4S/c1-3-10(4-2)13-18(16,17)11-7-5-6-9(8-11)12(14)15/h1,5-8,10,13H,4H2,2H3,(H,14,15). The molecule has 0 aliphatic heterocycles. The fourth-order valence-corrected chi connectivity index (χ4v) is 2.57. The van der Waals surface area contributed by atoms with E-state index in [-0.39, 0.29) is 10.5 Å². The largest absolute Gasteiger partial charge is 0.478 e. The summed E-state index contributed by atoms with van der Waals surface area (Å²) in [5.74, 6) is 1.12. The summed E-state index contributed by atoms with van der Waals surface area (Å²) in [7, 11) is -3.80. The molecule has 0 amide bonds. The molecule has 18 heavy (non-hydrogen) atoms. The first-order chi connectivity index (χ1) is 8.40. The van der Waals surface area contributed by atoms with Crippen molar-refractivity contribution in [2.45, 2.75) is 24.3 Å². The first-order valence-electron chi connectivity index (χ1n) is 5.22. The van der Waals surface area contributed by atoms with E-state index in [1.165, 1.54) is 18.2 Å². The predicted octanol–water partition coefficient (Wildman–Crippen LogP) is 1.07. The van der Waals surface area contributed by atoms with E-state index in [4.69, 9.17) is 11.5 Å². The van der Waals surface area contributed by atoms with Crippen LogP contribution in [0.15, 0.2) is 29.2 Å². The third-order valence-electron chi connectivity index (χ3n) is 2.30. The van der Waals surface area contributed by atoms with Crippen LogP contribution in [-0.2, 0) is 10.0 Å². The number of benzene rings is 1. The Labute approximate surface area is 106 Å². The SMILES string of the molecule is C#CC(CC)NS(=O)(=O)c1cccc(C(=O)O)c1. The average molecular weight is 267 g/mol. The Morgan fingerprint density at radius 2 is 2.22 bits per heavy atom. The van der Waals surface area contributed by atoms with Crippen LogP contribution in [0.5, 0.6) is 0 Å². The van der Waals surface area contributed by atoms with Crippen molar-refractivity contribution in [3.05, 3.63) is 29.8 Å². The summed E-state index contributed by atoms with van der Waals surface area (Å²) < 4.78 is 26.2. The van der Waals surface area contributed by atoms with Crippen molar-refractivity contribution in [3.63, 3.8) is 0 Å². The molecule has 0 aliphatic rings. The molecule has 0 aromatic heterocycles. The molecule has 1 aromatic rings. The summed E-state index contributed by atoms with van der Waals surface area (Å²) in [6.07, 6.45) is 5.63. The van der Waals surface area contributed by atoms with Crippen LogP contribution in [0.3, 0.4) is 0 Å². The number of carboxylic acid groups (broad SMARTS) is 1. The molecule has 2 N–H and O–H groups in total. The van der Waals surface area contributed by atoms with Crippen LogP contribution in [0.1, 0.15) is 23.7 Å². The van der Waals surface area contributed by atoms with E-state index in [0.29, 0.717) is 6.42 Å². The second kappa shape index (κ2) is 5.67. The number of aromatic carboxylic acids is 1. The minimum absolute atomic E-state index is 0.0911. The summed E-state index contributed by atoms with van der Waals surface area (Å²) in [5, 5.41) is 8.80. The zero-order valence-corrected chi connectivity index (χ0v) is 10.6. The summed E-state index contributed by atoms with van der Waals surface area (Å²) in [6.45, 7) is 1.75. The maximum Gasteiger partial charge on any atom is 0.335 e. The Bertz CT molecular complexity index is 586. The second-order valence-corrected chi connectivity index (χ2v) is 5.30. The minimum atomic E-state index is -3.80. The van der Waals surface area contributed by atoms with Gasteiger partial charge in [0, 0.05) is 0 Å². The van der Waals surface area contributed by atoms with Gasteiger partial charge in [-0.05, 0) is 24.6 Å². The maximum absolute atomic E-state index is 11.9. The fourth-order valence-electron chi connectivity index (χ4n) is 1.29. The van der Waals surface area contributed by atoms with E-state index in [9.17, 15) is 13.2 Å². The topological polar surface area (TPSA) is 83.5 Å². The average Bonchev–Trinajstić information content (AvgIpc) is 2.36. The molecule has 0 bridgehead atoms. The van der Waals surface area contributed by atoms with E-state index in [1.54, 1.807) is 6.92 Å². The van der Waals surface area contributed by atoms with Gasteiger partial charge in [-0.2, -0.15) is 4.72 Å². The van der Waals surface area contributed by atoms with E-state index in [2.05, 4.69) is 10.6 Å². The van der Waals surface area contributed by atoms with E-state index < -0.39 is 22.0 Å². The number of terminal acetylenes is 1. The highest BCUT2D eigenvalue weighted by Crippen LogP contribution is 2.12. The molecule has 0 heterocycles. The van der Waals surface area contributed by atoms with Crippen molar-refractivity contribution in [2.24, 2.45) is 0 Å². The second-order valence-electron chi connectivity index (χ2n) is 3.58. The lowest BCUT2D eigenvalue weighted by Crippen LogP contribution is -2.33. The molecule has 1 unspecified atom stereocenters. The molecule has 6 heteroatoms. The van der Waals surface area contributed by atoms with Gasteiger partial charge >= 0.3 is 5.97 Å². The van der Waals surface area contributed by atoms with Crippen LogP contribution in [0.4, 0.5) is 0 Å². The van der Waals surface area contributed by atoms with Gasteiger partial charge in [0.25, 0.3) is 0 Å². The Morgan fingerprint density at radius 3 is 2.72 bits per heavy atom. The van der Waals surface area contributed by atoms with Crippen molar-refractivity contribution in [1.29, 1.82) is 0 Å². The predicted molar refractivity (Wildman–Crippen MR) is 66.6 cm³/mol. The van der Waals surface area contributed by atoms with Crippen LogP contribution in [-0.4, -0.2) is 25.5 Å². The van der Waals surface area contributed by atoms with E-state index in [0.717, 1.165) is 6.07 Å². The highest BCUT2D eigenvalue weighted by atomic mass is 32.2. The smallest absolute Gasteiger partial charge is 0.335 e. The van der Waals surface area contributed by atoms with Gasteiger partial charge in [-0.3, -0.25) is 0 Å². The maximum atomic E-state index is 11.9. The van der Waals surface area contributed by atoms with Gasteiger partial charge in [0.05, 0.1) is 16.5 Å². The Morgan fingerprint density at radius 1 is 1.56 bits per heavy atom. The zero-order chi connectivity index (χ0) is 13.8. The molecule has 0 radical (unpaired) electrons. The van der Waals surface area contributed by atoms with Crippen molar-refractivity contribution in [1.82, 2.24) is 4.72 Å². The van der Waals surface area contributed by atoms with Gasteiger partial charge in [0.2, 0.25) is 10.0 Å². The number of nitrogens with one attached hydrogen (secondary N) is 1. The first kappa shape index (κ1) is 14.2. The highest BCUT2D eigenvalue weighted by molar-refractivity contribution is 7.89.